The van der Waals surface area contributed by atoms with Crippen LogP contribution in [0.3, 0.4) is 0 Å². The minimum Gasteiger partial charge on any atom is -0.458 e. The Hall–Kier alpha value is -3.63. The van der Waals surface area contributed by atoms with Crippen molar-refractivity contribution in [3.8, 4) is 0 Å². The number of pyridine rings is 1. The Balaban J connectivity index is 1.22. The number of carbonyl (C=O) groups is 2. The van der Waals surface area contributed by atoms with Gasteiger partial charge in [0.2, 0.25) is 0 Å². The highest BCUT2D eigenvalue weighted by Gasteiger charge is 2.29. The number of anilines is 3. The molecule has 5 rings (SSSR count). The lowest BCUT2D eigenvalue weighted by Crippen LogP contribution is -2.48. The van der Waals surface area contributed by atoms with E-state index in [9.17, 15) is 9.59 Å². The molecule has 2 fully saturated rings. The number of esters is 1. The molecule has 11 nitrogen and oxygen atoms in total. The molecule has 1 unspecified atom stereocenters. The van der Waals surface area contributed by atoms with Gasteiger partial charge in [-0.3, -0.25) is 0 Å². The van der Waals surface area contributed by atoms with E-state index in [1.807, 2.05) is 34.6 Å². The van der Waals surface area contributed by atoms with Crippen LogP contribution in [0.1, 0.15) is 101 Å². The second kappa shape index (κ2) is 14.6. The van der Waals surface area contributed by atoms with Gasteiger partial charge >= 0.3 is 12.1 Å². The molecule has 4 heterocycles. The Morgan fingerprint density at radius 2 is 1.78 bits per heavy atom. The number of rotatable bonds is 9. The summed E-state index contributed by atoms with van der Waals surface area (Å²) in [5.41, 5.74) is 2.68. The van der Waals surface area contributed by atoms with E-state index in [1.165, 1.54) is 30.5 Å². The van der Waals surface area contributed by atoms with Crippen molar-refractivity contribution >= 4 is 29.5 Å². The van der Waals surface area contributed by atoms with E-state index < -0.39 is 23.7 Å². The molecule has 3 N–H and O–H groups in total. The standard InChI is InChI=1S/C34H51N7O4/c1-22-29(36-20-28(32(42)45-34(3,4)5)40-33(43)44-21-24-10-7-6-8-11-24)37-23(2)38-31(22)41-18-15-25(16-19-41)27-14-13-26-12-9-17-35-30(26)39-27/h13-14,24-25,28H,6-12,15-21H2,1-5H3,(H,35,39)(H,40,43)(H,36,37,38). The summed E-state index contributed by atoms with van der Waals surface area (Å²) in [7, 11) is 0. The number of amides is 1. The predicted octanol–water partition coefficient (Wildman–Crippen LogP) is 5.66. The zero-order valence-corrected chi connectivity index (χ0v) is 27.7. The normalized spacial score (nSPS) is 18.4. The molecule has 1 aliphatic carbocycles. The summed E-state index contributed by atoms with van der Waals surface area (Å²) in [6.45, 7) is 12.5. The molecule has 0 radical (unpaired) electrons. The van der Waals surface area contributed by atoms with Crippen LogP contribution in [0, 0.1) is 19.8 Å². The van der Waals surface area contributed by atoms with Crippen LogP contribution in [0.2, 0.25) is 0 Å². The van der Waals surface area contributed by atoms with Crippen molar-refractivity contribution in [2.24, 2.45) is 5.92 Å². The van der Waals surface area contributed by atoms with Gasteiger partial charge in [0.05, 0.1) is 6.61 Å². The lowest BCUT2D eigenvalue weighted by atomic mass is 9.90. The molecule has 1 saturated heterocycles. The quantitative estimate of drug-likeness (QED) is 0.302. The minimum absolute atomic E-state index is 0.101. The molecule has 0 bridgehead atoms. The highest BCUT2D eigenvalue weighted by atomic mass is 16.6. The Bertz CT molecular complexity index is 1330. The molecule has 246 valence electrons. The number of fused-ring (bicyclic) bond motifs is 1. The molecule has 2 aromatic rings. The molecule has 1 amide bonds. The zero-order valence-electron chi connectivity index (χ0n) is 27.7. The Kier molecular flexibility index (Phi) is 10.7. The van der Waals surface area contributed by atoms with Crippen molar-refractivity contribution in [2.75, 3.05) is 48.3 Å². The van der Waals surface area contributed by atoms with Gasteiger partial charge in [-0.05, 0) is 90.7 Å². The third-order valence-electron chi connectivity index (χ3n) is 8.99. The molecule has 0 aromatic carbocycles. The first kappa shape index (κ1) is 32.8. The van der Waals surface area contributed by atoms with Gasteiger partial charge in [0, 0.05) is 43.4 Å². The Labute approximate surface area is 267 Å². The molecule has 0 spiro atoms. The molecular weight excluding hydrogens is 570 g/mol. The summed E-state index contributed by atoms with van der Waals surface area (Å²) in [6.07, 6.45) is 9.33. The summed E-state index contributed by atoms with van der Waals surface area (Å²) >= 11 is 0. The van der Waals surface area contributed by atoms with Crippen molar-refractivity contribution in [1.29, 1.82) is 0 Å². The summed E-state index contributed by atoms with van der Waals surface area (Å²) in [4.78, 5) is 42.6. The summed E-state index contributed by atoms with van der Waals surface area (Å²) in [5.74, 6) is 3.47. The zero-order chi connectivity index (χ0) is 32.0. The fraction of sp³-hybridized carbons (Fsp3) is 0.676. The predicted molar refractivity (Wildman–Crippen MR) is 176 cm³/mol. The maximum absolute atomic E-state index is 13.1. The lowest BCUT2D eigenvalue weighted by molar-refractivity contribution is -0.156. The second-order valence-electron chi connectivity index (χ2n) is 13.8. The molecule has 3 aliphatic rings. The highest BCUT2D eigenvalue weighted by molar-refractivity contribution is 5.82. The van der Waals surface area contributed by atoms with Gasteiger partial charge < -0.3 is 30.3 Å². The second-order valence-corrected chi connectivity index (χ2v) is 13.8. The van der Waals surface area contributed by atoms with Crippen molar-refractivity contribution in [2.45, 2.75) is 110 Å². The number of piperidine rings is 1. The van der Waals surface area contributed by atoms with Gasteiger partial charge in [0.15, 0.2) is 0 Å². The van der Waals surface area contributed by atoms with Crippen LogP contribution in [-0.2, 0) is 20.7 Å². The average molecular weight is 622 g/mol. The van der Waals surface area contributed by atoms with Crippen LogP contribution < -0.4 is 20.9 Å². The number of nitrogens with one attached hydrogen (secondary N) is 3. The van der Waals surface area contributed by atoms with Gasteiger partial charge in [0.25, 0.3) is 0 Å². The molecule has 2 aliphatic heterocycles. The van der Waals surface area contributed by atoms with Crippen LogP contribution in [-0.4, -0.2) is 71.4 Å². The number of ether oxygens (including phenoxy) is 2. The van der Waals surface area contributed by atoms with Crippen LogP contribution in [0.15, 0.2) is 12.1 Å². The number of hydrogen-bond donors (Lipinski definition) is 3. The number of hydrogen-bond acceptors (Lipinski definition) is 10. The average Bonchev–Trinajstić information content (AvgIpc) is 3.02. The summed E-state index contributed by atoms with van der Waals surface area (Å²) < 4.78 is 11.2. The van der Waals surface area contributed by atoms with E-state index in [1.54, 1.807) is 0 Å². The first-order valence-electron chi connectivity index (χ1n) is 16.8. The monoisotopic (exact) mass is 621 g/mol. The maximum Gasteiger partial charge on any atom is 0.407 e. The Morgan fingerprint density at radius 3 is 2.51 bits per heavy atom. The van der Waals surface area contributed by atoms with Crippen molar-refractivity contribution in [1.82, 2.24) is 20.3 Å². The van der Waals surface area contributed by atoms with E-state index >= 15 is 0 Å². The number of carbonyl (C=O) groups excluding carboxylic acids is 2. The number of nitrogens with zero attached hydrogens (tertiary/aromatic N) is 4. The van der Waals surface area contributed by atoms with Gasteiger partial charge in [-0.25, -0.2) is 24.5 Å². The molecule has 11 heteroatoms. The first-order valence-corrected chi connectivity index (χ1v) is 16.8. The van der Waals surface area contributed by atoms with Gasteiger partial charge in [-0.1, -0.05) is 25.3 Å². The molecule has 1 atom stereocenters. The van der Waals surface area contributed by atoms with Crippen molar-refractivity contribution in [3.05, 3.63) is 34.8 Å². The van der Waals surface area contributed by atoms with Crippen LogP contribution >= 0.6 is 0 Å². The SMILES string of the molecule is Cc1nc(NCC(NC(=O)OCC2CCCCC2)C(=O)OC(C)(C)C)c(C)c(N2CCC(c3ccc4c(n3)NCCC4)CC2)n1. The van der Waals surface area contributed by atoms with E-state index in [4.69, 9.17) is 19.4 Å². The highest BCUT2D eigenvalue weighted by Crippen LogP contribution is 2.33. The molecule has 1 saturated carbocycles. The number of aromatic nitrogens is 3. The van der Waals surface area contributed by atoms with Gasteiger partial charge in [-0.15, -0.1) is 0 Å². The third kappa shape index (κ3) is 8.98. The minimum atomic E-state index is -0.949. The van der Waals surface area contributed by atoms with Crippen molar-refractivity contribution < 1.29 is 19.1 Å². The fourth-order valence-electron chi connectivity index (χ4n) is 6.55. The van der Waals surface area contributed by atoms with Crippen LogP contribution in [0.25, 0.3) is 0 Å². The number of aryl methyl sites for hydroxylation is 2. The van der Waals surface area contributed by atoms with E-state index in [2.05, 4.69) is 38.0 Å². The van der Waals surface area contributed by atoms with E-state index in [-0.39, 0.29) is 6.54 Å². The molecule has 45 heavy (non-hydrogen) atoms. The third-order valence-corrected chi connectivity index (χ3v) is 8.99. The first-order chi connectivity index (χ1) is 21.6. The van der Waals surface area contributed by atoms with Crippen LogP contribution in [0.4, 0.5) is 22.2 Å². The van der Waals surface area contributed by atoms with E-state index in [0.717, 1.165) is 75.4 Å². The maximum atomic E-state index is 13.1. The topological polar surface area (TPSA) is 131 Å². The molecular formula is C34H51N7O4. The van der Waals surface area contributed by atoms with Gasteiger partial charge in [0.1, 0.15) is 34.9 Å². The largest absolute Gasteiger partial charge is 0.458 e. The van der Waals surface area contributed by atoms with Gasteiger partial charge in [-0.2, -0.15) is 0 Å². The van der Waals surface area contributed by atoms with Crippen molar-refractivity contribution in [3.63, 3.8) is 0 Å². The fourth-order valence-corrected chi connectivity index (χ4v) is 6.55. The summed E-state index contributed by atoms with van der Waals surface area (Å²) in [5, 5.41) is 9.51. The lowest BCUT2D eigenvalue weighted by Gasteiger charge is -2.34. The number of alkyl carbamates (subject to hydrolysis) is 1. The smallest absolute Gasteiger partial charge is 0.407 e. The Morgan fingerprint density at radius 1 is 1.02 bits per heavy atom. The summed E-state index contributed by atoms with van der Waals surface area (Å²) in [6, 6.07) is 3.49. The van der Waals surface area contributed by atoms with Crippen LogP contribution in [0.5, 0.6) is 0 Å². The molecule has 2 aromatic heterocycles. The van der Waals surface area contributed by atoms with E-state index in [0.29, 0.717) is 30.1 Å².